The number of aliphatic hydroxyl groups is 1. The molecule has 0 fully saturated rings. The molecule has 0 aromatic heterocycles. The number of carbonyl (C=O) groups excluding carboxylic acids is 6. The minimum absolute atomic E-state index is 0.0270. The van der Waals surface area contributed by atoms with Crippen LogP contribution < -0.4 is 38.1 Å². The number of amides is 6. The maximum Gasteiger partial charge on any atom is 0.325 e. The molecule has 48 heavy (non-hydrogen) atoms. The molecule has 0 bridgehead atoms. The minimum Gasteiger partial charge on any atom is -0.480 e. The fourth-order valence-electron chi connectivity index (χ4n) is 4.59. The quantitative estimate of drug-likeness (QED) is 0.0721. The molecule has 0 heterocycles. The van der Waals surface area contributed by atoms with E-state index in [2.05, 4.69) is 26.6 Å². The highest BCUT2D eigenvalue weighted by Gasteiger charge is 2.33. The van der Waals surface area contributed by atoms with E-state index in [1.54, 1.807) is 0 Å². The molecule has 0 aliphatic heterocycles. The van der Waals surface area contributed by atoms with Crippen LogP contribution in [0.2, 0.25) is 0 Å². The maximum atomic E-state index is 13.5. The number of carboxylic acids is 1. The Labute approximate surface area is 280 Å². The lowest BCUT2D eigenvalue weighted by molar-refractivity contribution is -0.142. The van der Waals surface area contributed by atoms with Crippen molar-refractivity contribution in [3.8, 4) is 0 Å². The molecule has 0 spiro atoms. The van der Waals surface area contributed by atoms with Gasteiger partial charge in [0, 0.05) is 6.42 Å². The summed E-state index contributed by atoms with van der Waals surface area (Å²) in [5.41, 5.74) is 12.2. The molecule has 1 aromatic rings. The number of aliphatic hydroxyl groups excluding tert-OH is 1. The first-order valence-electron chi connectivity index (χ1n) is 15.9. The van der Waals surface area contributed by atoms with Gasteiger partial charge in [-0.05, 0) is 50.0 Å². The molecule has 1 rings (SSSR count). The number of carbonyl (C=O) groups is 7. The third-order valence-electron chi connectivity index (χ3n) is 7.17. The van der Waals surface area contributed by atoms with Crippen LogP contribution >= 0.6 is 0 Å². The van der Waals surface area contributed by atoms with Crippen LogP contribution in [0.1, 0.15) is 65.9 Å². The van der Waals surface area contributed by atoms with E-state index >= 15 is 0 Å². The molecule has 6 atom stereocenters. The number of hydrogen-bond donors (Lipinski definition) is 9. The lowest BCUT2D eigenvalue weighted by Gasteiger charge is -2.28. The average molecular weight is 678 g/mol. The highest BCUT2D eigenvalue weighted by molar-refractivity contribution is 5.96. The topological polar surface area (TPSA) is 272 Å². The van der Waals surface area contributed by atoms with Gasteiger partial charge < -0.3 is 48.3 Å². The zero-order valence-corrected chi connectivity index (χ0v) is 28.2. The van der Waals surface area contributed by atoms with Crippen molar-refractivity contribution in [3.05, 3.63) is 35.9 Å². The zero-order chi connectivity index (χ0) is 36.6. The van der Waals surface area contributed by atoms with Crippen molar-refractivity contribution in [2.75, 3.05) is 6.61 Å². The van der Waals surface area contributed by atoms with Crippen LogP contribution in [0.15, 0.2) is 30.3 Å². The maximum absolute atomic E-state index is 13.5. The van der Waals surface area contributed by atoms with E-state index in [4.69, 9.17) is 16.6 Å². The summed E-state index contributed by atoms with van der Waals surface area (Å²) in [7, 11) is 0. The Hall–Kier alpha value is -4.57. The summed E-state index contributed by atoms with van der Waals surface area (Å²) < 4.78 is 0. The van der Waals surface area contributed by atoms with Gasteiger partial charge in [0.1, 0.15) is 30.2 Å². The largest absolute Gasteiger partial charge is 0.480 e. The Bertz CT molecular complexity index is 1260. The minimum atomic E-state index is -1.58. The van der Waals surface area contributed by atoms with Crippen LogP contribution in [-0.4, -0.2) is 94.5 Å². The fourth-order valence-corrected chi connectivity index (χ4v) is 4.59. The number of carboxylic acid groups (broad SMARTS) is 1. The molecule has 0 unspecified atom stereocenters. The molecule has 0 saturated carbocycles. The second-order valence-corrected chi connectivity index (χ2v) is 12.6. The SMILES string of the molecule is CC(C)C[C@H](NC(=O)[C@H](CC(C)C)NC(=O)[C@@H](N)Cc1ccccc1)C(=O)N[C@@H](CCC(N)=O)C(=O)N[C@@H](CO)C(=O)N[C@@H](C)C(=O)O. The molecule has 268 valence electrons. The fraction of sp³-hybridized carbons (Fsp3) is 0.594. The first-order chi connectivity index (χ1) is 22.4. The normalized spacial score (nSPS) is 14.9. The number of nitrogens with two attached hydrogens (primary N) is 2. The van der Waals surface area contributed by atoms with Crippen molar-refractivity contribution >= 4 is 41.4 Å². The molecule has 0 radical (unpaired) electrons. The van der Waals surface area contributed by atoms with Crippen LogP contribution in [0.25, 0.3) is 0 Å². The van der Waals surface area contributed by atoms with Crippen molar-refractivity contribution in [2.45, 2.75) is 103 Å². The molecule has 0 aliphatic rings. The summed E-state index contributed by atoms with van der Waals surface area (Å²) >= 11 is 0. The van der Waals surface area contributed by atoms with Gasteiger partial charge in [0.25, 0.3) is 0 Å². The summed E-state index contributed by atoms with van der Waals surface area (Å²) in [6.45, 7) is 7.62. The molecule has 16 nitrogen and oxygen atoms in total. The summed E-state index contributed by atoms with van der Waals surface area (Å²) in [5.74, 6) is -6.21. The van der Waals surface area contributed by atoms with E-state index in [-0.39, 0.29) is 43.9 Å². The van der Waals surface area contributed by atoms with Gasteiger partial charge in [0.15, 0.2) is 0 Å². The van der Waals surface area contributed by atoms with Gasteiger partial charge in [-0.25, -0.2) is 0 Å². The summed E-state index contributed by atoms with van der Waals surface area (Å²) in [5, 5.41) is 30.9. The lowest BCUT2D eigenvalue weighted by atomic mass is 9.99. The first kappa shape index (κ1) is 41.5. The lowest BCUT2D eigenvalue weighted by Crippen LogP contribution is -2.60. The van der Waals surface area contributed by atoms with Gasteiger partial charge in [-0.1, -0.05) is 58.0 Å². The van der Waals surface area contributed by atoms with Crippen LogP contribution in [0.4, 0.5) is 0 Å². The average Bonchev–Trinajstić information content (AvgIpc) is 3.00. The summed E-state index contributed by atoms with van der Waals surface area (Å²) in [6.07, 6.45) is -0.0107. The molecule has 16 heteroatoms. The van der Waals surface area contributed by atoms with Crippen LogP contribution in [0.3, 0.4) is 0 Å². The predicted octanol–water partition coefficient (Wildman–Crippen LogP) is -1.57. The smallest absolute Gasteiger partial charge is 0.325 e. The van der Waals surface area contributed by atoms with Crippen LogP contribution in [0.5, 0.6) is 0 Å². The molecule has 11 N–H and O–H groups in total. The van der Waals surface area contributed by atoms with Gasteiger partial charge in [-0.15, -0.1) is 0 Å². The number of rotatable bonds is 21. The Morgan fingerprint density at radius 1 is 0.667 bits per heavy atom. The Morgan fingerprint density at radius 2 is 1.10 bits per heavy atom. The van der Waals surface area contributed by atoms with E-state index in [0.717, 1.165) is 5.56 Å². The Kier molecular flexibility index (Phi) is 17.8. The van der Waals surface area contributed by atoms with E-state index in [0.29, 0.717) is 0 Å². The predicted molar refractivity (Wildman–Crippen MR) is 176 cm³/mol. The summed E-state index contributed by atoms with van der Waals surface area (Å²) in [4.78, 5) is 88.3. The Morgan fingerprint density at radius 3 is 1.56 bits per heavy atom. The highest BCUT2D eigenvalue weighted by atomic mass is 16.4. The molecule has 0 saturated heterocycles. The summed E-state index contributed by atoms with van der Waals surface area (Å²) in [6, 6.07) is 1.65. The number of primary amides is 1. The number of nitrogens with one attached hydrogen (secondary N) is 5. The van der Waals surface area contributed by atoms with E-state index < -0.39 is 84.3 Å². The van der Waals surface area contributed by atoms with Gasteiger partial charge >= 0.3 is 5.97 Å². The van der Waals surface area contributed by atoms with Crippen molar-refractivity contribution in [1.82, 2.24) is 26.6 Å². The van der Waals surface area contributed by atoms with Gasteiger partial charge in [-0.2, -0.15) is 0 Å². The van der Waals surface area contributed by atoms with Crippen LogP contribution in [-0.2, 0) is 40.0 Å². The van der Waals surface area contributed by atoms with Crippen LogP contribution in [0, 0.1) is 11.8 Å². The second-order valence-electron chi connectivity index (χ2n) is 12.6. The highest BCUT2D eigenvalue weighted by Crippen LogP contribution is 2.11. The number of hydrogen-bond acceptors (Lipinski definition) is 9. The molecular formula is C32H51N7O9. The monoisotopic (exact) mass is 677 g/mol. The van der Waals surface area contributed by atoms with Crippen molar-refractivity contribution in [3.63, 3.8) is 0 Å². The number of benzene rings is 1. The van der Waals surface area contributed by atoms with Gasteiger partial charge in [0.2, 0.25) is 35.4 Å². The van der Waals surface area contributed by atoms with E-state index in [9.17, 15) is 38.7 Å². The molecular weight excluding hydrogens is 626 g/mol. The first-order valence-corrected chi connectivity index (χ1v) is 15.9. The Balaban J connectivity index is 3.14. The van der Waals surface area contributed by atoms with E-state index in [1.165, 1.54) is 6.92 Å². The third kappa shape index (κ3) is 15.3. The van der Waals surface area contributed by atoms with Crippen molar-refractivity contribution < 1.29 is 43.8 Å². The third-order valence-corrected chi connectivity index (χ3v) is 7.17. The van der Waals surface area contributed by atoms with Crippen molar-refractivity contribution in [1.29, 1.82) is 0 Å². The molecule has 6 amide bonds. The van der Waals surface area contributed by atoms with Gasteiger partial charge in [-0.3, -0.25) is 33.6 Å². The zero-order valence-electron chi connectivity index (χ0n) is 28.2. The molecule has 0 aliphatic carbocycles. The van der Waals surface area contributed by atoms with Crippen molar-refractivity contribution in [2.24, 2.45) is 23.3 Å². The number of aliphatic carboxylic acids is 1. The molecule has 1 aromatic carbocycles. The second kappa shape index (κ2) is 20.6. The van der Waals surface area contributed by atoms with E-state index in [1.807, 2.05) is 58.0 Å². The van der Waals surface area contributed by atoms with Gasteiger partial charge in [0.05, 0.1) is 12.6 Å². The standard InChI is InChI=1S/C32H51N7O9/c1-17(2)13-23(37-27(42)21(33)15-20-9-7-6-8-10-20)30(45)38-24(14-18(3)4)29(44)36-22(11-12-26(34)41)28(43)39-25(16-40)31(46)35-19(5)32(47)48/h6-10,17-19,21-25,40H,11-16,33H2,1-5H3,(H2,34,41)(H,35,46)(H,36,44)(H,37,42)(H,38,45)(H,39,43)(H,47,48)/t19-,21-,22-,23-,24-,25-/m0/s1.